The van der Waals surface area contributed by atoms with Gasteiger partial charge in [-0.05, 0) is 38.5 Å². The van der Waals surface area contributed by atoms with Crippen LogP contribution in [0, 0.1) is 0 Å². The number of ether oxygens (including phenoxy) is 1. The fourth-order valence-electron chi connectivity index (χ4n) is 3.74. The van der Waals surface area contributed by atoms with Crippen molar-refractivity contribution in [2.75, 3.05) is 12.4 Å². The Labute approximate surface area is 139 Å². The molecule has 130 valence electrons. The summed E-state index contributed by atoms with van der Waals surface area (Å²) >= 11 is 1.79. The zero-order valence-electron chi connectivity index (χ0n) is 13.0. The Morgan fingerprint density at radius 3 is 2.91 bits per heavy atom. The average Bonchev–Trinajstić information content (AvgIpc) is 3.08. The summed E-state index contributed by atoms with van der Waals surface area (Å²) in [6, 6.07) is 0.150. The number of hydrogen-bond acceptors (Lipinski definition) is 5. The highest BCUT2D eigenvalue weighted by atomic mass is 32.2. The first kappa shape index (κ1) is 16.9. The summed E-state index contributed by atoms with van der Waals surface area (Å²) in [5.41, 5.74) is -1.81. The molecule has 3 rings (SSSR count). The lowest BCUT2D eigenvalue weighted by atomic mass is 9.86. The van der Waals surface area contributed by atoms with E-state index in [-0.39, 0.29) is 29.8 Å². The molecule has 8 heteroatoms. The van der Waals surface area contributed by atoms with Crippen LogP contribution in [0.1, 0.15) is 38.5 Å². The van der Waals surface area contributed by atoms with Crippen molar-refractivity contribution < 1.29 is 24.5 Å². The van der Waals surface area contributed by atoms with E-state index in [2.05, 4.69) is 10.6 Å². The quantitative estimate of drug-likeness (QED) is 0.529. The Morgan fingerprint density at radius 1 is 1.39 bits per heavy atom. The van der Waals surface area contributed by atoms with Crippen LogP contribution in [0.2, 0.25) is 0 Å². The molecule has 3 saturated heterocycles. The Kier molecular flexibility index (Phi) is 5.03. The van der Waals surface area contributed by atoms with E-state index in [4.69, 9.17) is 4.74 Å². The van der Waals surface area contributed by atoms with Gasteiger partial charge in [-0.1, -0.05) is 0 Å². The van der Waals surface area contributed by atoms with E-state index in [0.29, 0.717) is 19.4 Å². The number of nitrogens with one attached hydrogen (secondary N) is 2. The van der Waals surface area contributed by atoms with Crippen LogP contribution >= 0.6 is 11.8 Å². The van der Waals surface area contributed by atoms with E-state index in [1.165, 1.54) is 0 Å². The monoisotopic (exact) mass is 344 g/mol. The number of amides is 2. The highest BCUT2D eigenvalue weighted by molar-refractivity contribution is 8.00. The molecule has 3 aliphatic rings. The van der Waals surface area contributed by atoms with Crippen LogP contribution in [0.25, 0.3) is 0 Å². The Bertz CT molecular complexity index is 471. The lowest BCUT2D eigenvalue weighted by molar-refractivity contribution is -0.183. The van der Waals surface area contributed by atoms with Crippen molar-refractivity contribution in [1.29, 1.82) is 0 Å². The molecule has 5 atom stereocenters. The van der Waals surface area contributed by atoms with Crippen LogP contribution in [0.5, 0.6) is 0 Å². The highest BCUT2D eigenvalue weighted by Crippen LogP contribution is 2.35. The third kappa shape index (κ3) is 3.44. The maximum Gasteiger partial charge on any atom is 0.338 e. The summed E-state index contributed by atoms with van der Waals surface area (Å²) in [5, 5.41) is 26.1. The summed E-state index contributed by atoms with van der Waals surface area (Å²) in [7, 11) is 0. The first-order valence-electron chi connectivity index (χ1n) is 8.27. The van der Waals surface area contributed by atoms with Gasteiger partial charge < -0.3 is 25.6 Å². The lowest BCUT2D eigenvalue weighted by Crippen LogP contribution is -2.52. The van der Waals surface area contributed by atoms with Crippen LogP contribution in [0.15, 0.2) is 0 Å². The molecule has 0 saturated carbocycles. The second-order valence-electron chi connectivity index (χ2n) is 6.60. The molecule has 0 radical (unpaired) electrons. The highest BCUT2D eigenvalue weighted by Gasteiger charge is 2.46. The van der Waals surface area contributed by atoms with Gasteiger partial charge in [0.05, 0.1) is 18.2 Å². The van der Waals surface area contributed by atoms with Crippen LogP contribution in [-0.4, -0.2) is 63.6 Å². The van der Waals surface area contributed by atoms with Crippen LogP contribution < -0.4 is 10.6 Å². The molecule has 0 spiro atoms. The zero-order valence-corrected chi connectivity index (χ0v) is 13.8. The van der Waals surface area contributed by atoms with E-state index in [0.717, 1.165) is 25.0 Å². The van der Waals surface area contributed by atoms with E-state index in [1.54, 1.807) is 11.8 Å². The van der Waals surface area contributed by atoms with Crippen molar-refractivity contribution in [3.05, 3.63) is 0 Å². The van der Waals surface area contributed by atoms with Gasteiger partial charge in [-0.2, -0.15) is 11.8 Å². The minimum absolute atomic E-state index is 0.108. The van der Waals surface area contributed by atoms with Crippen molar-refractivity contribution in [3.8, 4) is 0 Å². The number of carbonyl (C=O) groups is 2. The number of carboxylic acids is 1. The number of aliphatic hydroxyl groups is 1. The van der Waals surface area contributed by atoms with Gasteiger partial charge in [0.15, 0.2) is 5.60 Å². The predicted molar refractivity (Wildman–Crippen MR) is 85.5 cm³/mol. The summed E-state index contributed by atoms with van der Waals surface area (Å²) in [5.74, 6) is -0.319. The fourth-order valence-corrected chi connectivity index (χ4v) is 5.28. The number of hydrogen-bond donors (Lipinski definition) is 4. The average molecular weight is 344 g/mol. The first-order chi connectivity index (χ1) is 11.0. The van der Waals surface area contributed by atoms with Crippen molar-refractivity contribution in [1.82, 2.24) is 10.6 Å². The molecule has 0 aliphatic carbocycles. The fraction of sp³-hybridized carbons (Fsp3) is 0.867. The Balaban J connectivity index is 1.53. The van der Waals surface area contributed by atoms with E-state index in [9.17, 15) is 19.8 Å². The molecule has 0 bridgehead atoms. The number of thioether (sulfide) groups is 1. The van der Waals surface area contributed by atoms with Crippen molar-refractivity contribution in [2.24, 2.45) is 0 Å². The number of fused-ring (bicyclic) bond motifs is 1. The van der Waals surface area contributed by atoms with Gasteiger partial charge in [0.1, 0.15) is 0 Å². The van der Waals surface area contributed by atoms with Gasteiger partial charge in [0.25, 0.3) is 0 Å². The molecule has 2 unspecified atom stereocenters. The Morgan fingerprint density at radius 2 is 2.22 bits per heavy atom. The molecule has 3 aliphatic heterocycles. The third-order valence-corrected chi connectivity index (χ3v) is 6.58. The summed E-state index contributed by atoms with van der Waals surface area (Å²) in [6.07, 6.45) is 3.33. The molecule has 0 aromatic rings. The molecule has 0 aromatic heterocycles. The van der Waals surface area contributed by atoms with Gasteiger partial charge >= 0.3 is 12.0 Å². The summed E-state index contributed by atoms with van der Waals surface area (Å²) in [6.45, 7) is 0.514. The number of urea groups is 1. The maximum absolute atomic E-state index is 11.6. The normalized spacial score (nSPS) is 36.0. The van der Waals surface area contributed by atoms with E-state index in [1.807, 2.05) is 0 Å². The van der Waals surface area contributed by atoms with Crippen molar-refractivity contribution in [3.63, 3.8) is 0 Å². The summed E-state index contributed by atoms with van der Waals surface area (Å²) < 4.78 is 5.51. The zero-order chi connectivity index (χ0) is 16.4. The maximum atomic E-state index is 11.6. The van der Waals surface area contributed by atoms with Crippen LogP contribution in [-0.2, 0) is 9.53 Å². The molecule has 7 nitrogen and oxygen atoms in total. The third-order valence-electron chi connectivity index (χ3n) is 5.07. The molecule has 2 amide bonds. The van der Waals surface area contributed by atoms with E-state index >= 15 is 0 Å². The van der Waals surface area contributed by atoms with Gasteiger partial charge in [0, 0.05) is 17.6 Å². The SMILES string of the molecule is O=C1N[C@H]2[C@H](CS[C@H]2CCCC(O)(C(=O)O)C2CCCCO2)N1. The molecule has 4 N–H and O–H groups in total. The predicted octanol–water partition coefficient (Wildman–Crippen LogP) is 0.707. The topological polar surface area (TPSA) is 108 Å². The number of carboxylic acid groups (broad SMARTS) is 1. The molecule has 0 aromatic carbocycles. The van der Waals surface area contributed by atoms with Crippen LogP contribution in [0.4, 0.5) is 4.79 Å². The number of aliphatic carboxylic acids is 1. The van der Waals surface area contributed by atoms with Gasteiger partial charge in [-0.15, -0.1) is 0 Å². The minimum Gasteiger partial charge on any atom is -0.479 e. The largest absolute Gasteiger partial charge is 0.479 e. The van der Waals surface area contributed by atoms with Gasteiger partial charge in [-0.3, -0.25) is 0 Å². The molecular weight excluding hydrogens is 320 g/mol. The standard InChI is InChI=1S/C15H24N2O5S/c18-13(19)15(21,11-5-1-2-7-22-11)6-3-4-10-12-9(8-23-10)16-14(20)17-12/h9-12,21H,1-8H2,(H,18,19)(H2,16,17,20)/t9-,10-,11?,12-,15?/m0/s1. The molecule has 23 heavy (non-hydrogen) atoms. The Hall–Kier alpha value is -0.990. The van der Waals surface area contributed by atoms with Crippen LogP contribution in [0.3, 0.4) is 0 Å². The first-order valence-corrected chi connectivity index (χ1v) is 9.31. The molecule has 3 heterocycles. The smallest absolute Gasteiger partial charge is 0.338 e. The van der Waals surface area contributed by atoms with Crippen molar-refractivity contribution in [2.45, 2.75) is 67.6 Å². The van der Waals surface area contributed by atoms with Crippen molar-refractivity contribution >= 4 is 23.8 Å². The second-order valence-corrected chi connectivity index (χ2v) is 7.87. The molecule has 3 fully saturated rings. The number of carbonyl (C=O) groups excluding carboxylic acids is 1. The number of rotatable bonds is 6. The lowest BCUT2D eigenvalue weighted by Gasteiger charge is -2.35. The van der Waals surface area contributed by atoms with Gasteiger partial charge in [-0.25, -0.2) is 9.59 Å². The minimum atomic E-state index is -1.81. The van der Waals surface area contributed by atoms with Gasteiger partial charge in [0.2, 0.25) is 0 Å². The van der Waals surface area contributed by atoms with E-state index < -0.39 is 17.7 Å². The summed E-state index contributed by atoms with van der Waals surface area (Å²) in [4.78, 5) is 22.9. The second kappa shape index (κ2) is 6.86. The molecular formula is C15H24N2O5S.